The fraction of sp³-hybridized carbons (Fsp3) is 0.333. The van der Waals surface area contributed by atoms with Gasteiger partial charge in [0.2, 0.25) is 0 Å². The number of benzene rings is 1. The number of hydrogen-bond donors (Lipinski definition) is 0. The van der Waals surface area contributed by atoms with Crippen molar-refractivity contribution in [3.05, 3.63) is 53.9 Å². The van der Waals surface area contributed by atoms with E-state index in [9.17, 15) is 4.79 Å². The summed E-state index contributed by atoms with van der Waals surface area (Å²) in [5.74, 6) is 0.341. The molecule has 0 radical (unpaired) electrons. The van der Waals surface area contributed by atoms with E-state index in [1.807, 2.05) is 38.1 Å². The van der Waals surface area contributed by atoms with Gasteiger partial charge in [-0.3, -0.25) is 0 Å². The second-order valence-electron chi connectivity index (χ2n) is 5.36. The molecule has 0 unspecified atom stereocenters. The lowest BCUT2D eigenvalue weighted by Gasteiger charge is -2.10. The number of rotatable bonds is 7. The molecule has 0 spiro atoms. The van der Waals surface area contributed by atoms with Crippen molar-refractivity contribution < 1.29 is 14.3 Å². The molecular weight excluding hydrogens is 292 g/mol. The number of aryl methyl sites for hydroxylation is 1. The molecule has 122 valence electrons. The fourth-order valence-corrected chi connectivity index (χ4v) is 2.09. The maximum atomic E-state index is 12.1. The molecule has 0 saturated heterocycles. The second kappa shape index (κ2) is 7.63. The molecule has 5 heteroatoms. The van der Waals surface area contributed by atoms with E-state index in [0.29, 0.717) is 18.9 Å². The van der Waals surface area contributed by atoms with E-state index in [-0.39, 0.29) is 5.97 Å². The van der Waals surface area contributed by atoms with E-state index < -0.39 is 0 Å². The second-order valence-corrected chi connectivity index (χ2v) is 5.36. The third kappa shape index (κ3) is 4.45. The molecule has 5 nitrogen and oxygen atoms in total. The summed E-state index contributed by atoms with van der Waals surface area (Å²) in [5.41, 5.74) is 2.99. The molecule has 0 bridgehead atoms. The van der Waals surface area contributed by atoms with Gasteiger partial charge >= 0.3 is 5.97 Å². The Labute approximate surface area is 136 Å². The Morgan fingerprint density at radius 1 is 1.35 bits per heavy atom. The summed E-state index contributed by atoms with van der Waals surface area (Å²) in [6, 6.07) is 9.20. The monoisotopic (exact) mass is 314 g/mol. The minimum Gasteiger partial charge on any atom is -0.493 e. The van der Waals surface area contributed by atoms with Crippen molar-refractivity contribution in [3.8, 4) is 11.4 Å². The third-order valence-electron chi connectivity index (χ3n) is 3.18. The van der Waals surface area contributed by atoms with Gasteiger partial charge in [0.1, 0.15) is 5.75 Å². The van der Waals surface area contributed by atoms with Gasteiger partial charge in [-0.25, -0.2) is 9.48 Å². The van der Waals surface area contributed by atoms with Gasteiger partial charge in [0.05, 0.1) is 24.6 Å². The van der Waals surface area contributed by atoms with Crippen LogP contribution in [0.1, 0.15) is 36.5 Å². The quantitative estimate of drug-likeness (QED) is 0.577. The topological polar surface area (TPSA) is 53.4 Å². The minimum absolute atomic E-state index is 0.327. The summed E-state index contributed by atoms with van der Waals surface area (Å²) in [5, 5.41) is 4.38. The molecule has 0 aliphatic carbocycles. The number of hydrogen-bond acceptors (Lipinski definition) is 4. The number of aromatic nitrogens is 2. The van der Waals surface area contributed by atoms with Gasteiger partial charge in [-0.15, -0.1) is 6.58 Å². The normalized spacial score (nSPS) is 10.4. The predicted molar refractivity (Wildman–Crippen MR) is 89.2 cm³/mol. The Hall–Kier alpha value is -2.56. The molecule has 23 heavy (non-hydrogen) atoms. The Kier molecular flexibility index (Phi) is 5.57. The summed E-state index contributed by atoms with van der Waals surface area (Å²) in [6.07, 6.45) is 0.805. The average molecular weight is 314 g/mol. The van der Waals surface area contributed by atoms with Gasteiger partial charge in [0.25, 0.3) is 0 Å². The van der Waals surface area contributed by atoms with Gasteiger partial charge in [-0.2, -0.15) is 5.10 Å². The highest BCUT2D eigenvalue weighted by molar-refractivity contribution is 5.88. The number of carbonyl (C=O) groups excluding carboxylic acids is 1. The van der Waals surface area contributed by atoms with Crippen LogP contribution < -0.4 is 4.74 Å². The van der Waals surface area contributed by atoms with E-state index in [1.165, 1.54) is 0 Å². The number of ether oxygens (including phenoxy) is 2. The zero-order valence-corrected chi connectivity index (χ0v) is 13.8. The van der Waals surface area contributed by atoms with Crippen LogP contribution in [-0.2, 0) is 4.74 Å². The highest BCUT2D eigenvalue weighted by atomic mass is 16.5. The van der Waals surface area contributed by atoms with E-state index in [1.54, 1.807) is 17.7 Å². The van der Waals surface area contributed by atoms with Crippen LogP contribution in [-0.4, -0.2) is 29.0 Å². The number of carbonyl (C=O) groups is 1. The lowest BCUT2D eigenvalue weighted by atomic mass is 10.2. The first kappa shape index (κ1) is 16.8. The molecule has 0 aliphatic heterocycles. The smallest absolute Gasteiger partial charge is 0.357 e. The van der Waals surface area contributed by atoms with Crippen molar-refractivity contribution in [1.29, 1.82) is 0 Å². The van der Waals surface area contributed by atoms with Crippen LogP contribution in [0.4, 0.5) is 0 Å². The van der Waals surface area contributed by atoms with Gasteiger partial charge in [0.15, 0.2) is 5.69 Å². The largest absolute Gasteiger partial charge is 0.493 e. The first-order chi connectivity index (χ1) is 11.0. The highest BCUT2D eigenvalue weighted by Crippen LogP contribution is 2.19. The standard InChI is InChI=1S/C18H22N2O3/c1-5-22-18(21)17-11-14(4)19-20(17)15-7-6-8-16(12-15)23-10-9-13(2)3/h6-8,11-12H,2,5,9-10H2,1,3-4H3. The zero-order chi connectivity index (χ0) is 16.8. The molecule has 1 aromatic heterocycles. The molecule has 0 aliphatic rings. The molecule has 0 amide bonds. The molecule has 0 atom stereocenters. The van der Waals surface area contributed by atoms with E-state index >= 15 is 0 Å². The van der Waals surface area contributed by atoms with Crippen molar-refractivity contribution in [3.63, 3.8) is 0 Å². The Morgan fingerprint density at radius 3 is 2.83 bits per heavy atom. The summed E-state index contributed by atoms with van der Waals surface area (Å²) < 4.78 is 12.4. The van der Waals surface area contributed by atoms with Crippen LogP contribution >= 0.6 is 0 Å². The fourth-order valence-electron chi connectivity index (χ4n) is 2.09. The van der Waals surface area contributed by atoms with E-state index in [0.717, 1.165) is 29.1 Å². The summed E-state index contributed by atoms with van der Waals surface area (Å²) in [4.78, 5) is 12.1. The molecule has 0 N–H and O–H groups in total. The van der Waals surface area contributed by atoms with Crippen LogP contribution in [0.25, 0.3) is 5.69 Å². The number of nitrogens with zero attached hydrogens (tertiary/aromatic N) is 2. The van der Waals surface area contributed by atoms with E-state index in [2.05, 4.69) is 11.7 Å². The summed E-state index contributed by atoms with van der Waals surface area (Å²) >= 11 is 0. The van der Waals surface area contributed by atoms with Crippen molar-refractivity contribution in [2.24, 2.45) is 0 Å². The Bertz CT molecular complexity index is 704. The van der Waals surface area contributed by atoms with Crippen LogP contribution in [0.3, 0.4) is 0 Å². The average Bonchev–Trinajstić information content (AvgIpc) is 2.90. The molecule has 0 fully saturated rings. The predicted octanol–water partition coefficient (Wildman–Crippen LogP) is 3.70. The first-order valence-electron chi connectivity index (χ1n) is 7.62. The third-order valence-corrected chi connectivity index (χ3v) is 3.18. The SMILES string of the molecule is C=C(C)CCOc1cccc(-n2nc(C)cc2C(=O)OCC)c1. The molecule has 1 heterocycles. The van der Waals surface area contributed by atoms with Crippen LogP contribution in [0, 0.1) is 6.92 Å². The van der Waals surface area contributed by atoms with Gasteiger partial charge in [-0.1, -0.05) is 11.6 Å². The van der Waals surface area contributed by atoms with Crippen molar-refractivity contribution in [2.45, 2.75) is 27.2 Å². The van der Waals surface area contributed by atoms with Crippen molar-refractivity contribution in [2.75, 3.05) is 13.2 Å². The van der Waals surface area contributed by atoms with Crippen LogP contribution in [0.2, 0.25) is 0 Å². The van der Waals surface area contributed by atoms with Gasteiger partial charge in [-0.05, 0) is 39.0 Å². The lowest BCUT2D eigenvalue weighted by Crippen LogP contribution is -2.12. The molecule has 2 aromatic rings. The zero-order valence-electron chi connectivity index (χ0n) is 13.8. The van der Waals surface area contributed by atoms with Crippen LogP contribution in [0.15, 0.2) is 42.5 Å². The van der Waals surface area contributed by atoms with Crippen LogP contribution in [0.5, 0.6) is 5.75 Å². The summed E-state index contributed by atoms with van der Waals surface area (Å²) in [7, 11) is 0. The molecule has 0 saturated carbocycles. The van der Waals surface area contributed by atoms with E-state index in [4.69, 9.17) is 9.47 Å². The maximum Gasteiger partial charge on any atom is 0.357 e. The first-order valence-corrected chi connectivity index (χ1v) is 7.62. The molecule has 2 rings (SSSR count). The molecular formula is C18H22N2O3. The minimum atomic E-state index is -0.387. The van der Waals surface area contributed by atoms with Gasteiger partial charge < -0.3 is 9.47 Å². The Morgan fingerprint density at radius 2 is 2.13 bits per heavy atom. The Balaban J connectivity index is 2.25. The molecule has 1 aromatic carbocycles. The maximum absolute atomic E-state index is 12.1. The van der Waals surface area contributed by atoms with Crippen molar-refractivity contribution in [1.82, 2.24) is 9.78 Å². The number of esters is 1. The van der Waals surface area contributed by atoms with Gasteiger partial charge in [0, 0.05) is 12.5 Å². The lowest BCUT2D eigenvalue weighted by molar-refractivity contribution is 0.0515. The van der Waals surface area contributed by atoms with Crippen molar-refractivity contribution >= 4 is 5.97 Å². The highest BCUT2D eigenvalue weighted by Gasteiger charge is 2.16. The summed E-state index contributed by atoms with van der Waals surface area (Å²) in [6.45, 7) is 10.3.